The molecule has 182 valence electrons. The predicted octanol–water partition coefficient (Wildman–Crippen LogP) is 2.96. The number of nitrogens with zero attached hydrogens (tertiary/aromatic N) is 4. The first kappa shape index (κ1) is 25.0. The van der Waals surface area contributed by atoms with Crippen LogP contribution in [0.4, 0.5) is 5.69 Å². The van der Waals surface area contributed by atoms with Crippen molar-refractivity contribution in [2.24, 2.45) is 0 Å². The van der Waals surface area contributed by atoms with Crippen molar-refractivity contribution in [1.82, 2.24) is 15.0 Å². The molecule has 0 aliphatic heterocycles. The summed E-state index contributed by atoms with van der Waals surface area (Å²) in [5.74, 6) is 1.63. The SMILES string of the molecule is CCOc1ccc(-c2noc(CN(C)C(=O)[C@H](C)Oc3ccc(N(C)S(C)(=O)=O)cc3)n2)cc1. The van der Waals surface area contributed by atoms with Gasteiger partial charge in [-0.2, -0.15) is 4.98 Å². The summed E-state index contributed by atoms with van der Waals surface area (Å²) in [6, 6.07) is 13.8. The van der Waals surface area contributed by atoms with Crippen LogP contribution in [-0.4, -0.2) is 62.4 Å². The van der Waals surface area contributed by atoms with E-state index < -0.39 is 16.1 Å². The molecule has 0 spiro atoms. The Hall–Kier alpha value is -3.60. The van der Waals surface area contributed by atoms with Gasteiger partial charge in [0.05, 0.1) is 25.1 Å². The zero-order valence-electron chi connectivity index (χ0n) is 19.8. The number of benzene rings is 2. The third kappa shape index (κ3) is 6.25. The van der Waals surface area contributed by atoms with Gasteiger partial charge in [-0.3, -0.25) is 9.10 Å². The van der Waals surface area contributed by atoms with Gasteiger partial charge in [-0.05, 0) is 62.4 Å². The summed E-state index contributed by atoms with van der Waals surface area (Å²) in [7, 11) is -0.279. The van der Waals surface area contributed by atoms with E-state index in [-0.39, 0.29) is 12.5 Å². The van der Waals surface area contributed by atoms with Gasteiger partial charge in [-0.25, -0.2) is 8.42 Å². The molecule has 2 aromatic carbocycles. The second-order valence-corrected chi connectivity index (χ2v) is 9.66. The molecule has 0 aliphatic rings. The van der Waals surface area contributed by atoms with E-state index in [0.29, 0.717) is 29.8 Å². The number of hydrogen-bond donors (Lipinski definition) is 0. The molecule has 1 amide bonds. The van der Waals surface area contributed by atoms with Gasteiger partial charge in [0.1, 0.15) is 11.5 Å². The van der Waals surface area contributed by atoms with Gasteiger partial charge in [0.15, 0.2) is 6.10 Å². The molecule has 3 aromatic rings. The maximum Gasteiger partial charge on any atom is 0.263 e. The fourth-order valence-corrected chi connectivity index (χ4v) is 3.58. The smallest absolute Gasteiger partial charge is 0.263 e. The maximum atomic E-state index is 12.7. The quantitative estimate of drug-likeness (QED) is 0.428. The van der Waals surface area contributed by atoms with Gasteiger partial charge in [0.2, 0.25) is 21.7 Å². The minimum atomic E-state index is -3.36. The zero-order chi connectivity index (χ0) is 24.9. The summed E-state index contributed by atoms with van der Waals surface area (Å²) < 4.78 is 40.9. The lowest BCUT2D eigenvalue weighted by Gasteiger charge is -2.21. The number of carbonyl (C=O) groups is 1. The minimum absolute atomic E-state index is 0.120. The fourth-order valence-electron chi connectivity index (χ4n) is 3.08. The molecule has 11 heteroatoms. The van der Waals surface area contributed by atoms with Crippen molar-refractivity contribution in [3.63, 3.8) is 0 Å². The standard InChI is InChI=1S/C23H28N4O6S/c1-6-31-19-11-7-17(8-12-19)22-24-21(33-25-22)15-26(3)23(28)16(2)32-20-13-9-18(10-14-20)27(4)34(5,29)30/h7-14,16H,6,15H2,1-5H3/t16-/m0/s1. The number of hydrogen-bond acceptors (Lipinski definition) is 8. The van der Waals surface area contributed by atoms with Crippen molar-refractivity contribution in [2.75, 3.05) is 31.3 Å². The second-order valence-electron chi connectivity index (χ2n) is 7.65. The van der Waals surface area contributed by atoms with Crippen molar-refractivity contribution in [1.29, 1.82) is 0 Å². The van der Waals surface area contributed by atoms with Gasteiger partial charge in [0, 0.05) is 19.7 Å². The van der Waals surface area contributed by atoms with Crippen molar-refractivity contribution in [3.05, 3.63) is 54.4 Å². The highest BCUT2D eigenvalue weighted by atomic mass is 32.2. The molecule has 0 saturated heterocycles. The molecular formula is C23H28N4O6S. The normalized spacial score (nSPS) is 12.1. The van der Waals surface area contributed by atoms with Crippen LogP contribution >= 0.6 is 0 Å². The van der Waals surface area contributed by atoms with E-state index in [1.165, 1.54) is 11.9 Å². The molecule has 0 fully saturated rings. The Morgan fingerprint density at radius 3 is 2.26 bits per heavy atom. The van der Waals surface area contributed by atoms with Crippen LogP contribution in [-0.2, 0) is 21.4 Å². The number of amides is 1. The first-order chi connectivity index (χ1) is 16.1. The van der Waals surface area contributed by atoms with Crippen LogP contribution < -0.4 is 13.8 Å². The molecule has 0 bridgehead atoms. The lowest BCUT2D eigenvalue weighted by molar-refractivity contribution is -0.137. The van der Waals surface area contributed by atoms with Crippen molar-refractivity contribution >= 4 is 21.6 Å². The number of likely N-dealkylation sites (N-methyl/N-ethyl adjacent to an activating group) is 1. The first-order valence-electron chi connectivity index (χ1n) is 10.6. The van der Waals surface area contributed by atoms with E-state index in [9.17, 15) is 13.2 Å². The molecule has 1 heterocycles. The number of carbonyl (C=O) groups excluding carboxylic acids is 1. The molecule has 0 N–H and O–H groups in total. The van der Waals surface area contributed by atoms with E-state index in [4.69, 9.17) is 14.0 Å². The number of ether oxygens (including phenoxy) is 2. The number of rotatable bonds is 10. The predicted molar refractivity (Wildman–Crippen MR) is 127 cm³/mol. The highest BCUT2D eigenvalue weighted by molar-refractivity contribution is 7.92. The van der Waals surface area contributed by atoms with Crippen molar-refractivity contribution in [3.8, 4) is 22.9 Å². The Labute approximate surface area is 199 Å². The zero-order valence-corrected chi connectivity index (χ0v) is 20.6. The molecule has 3 rings (SSSR count). The van der Waals surface area contributed by atoms with Crippen molar-refractivity contribution < 1.29 is 27.2 Å². The average Bonchev–Trinajstić information content (AvgIpc) is 3.27. The van der Waals surface area contributed by atoms with Gasteiger partial charge >= 0.3 is 0 Å². The van der Waals surface area contributed by atoms with Crippen LogP contribution in [0.25, 0.3) is 11.4 Å². The lowest BCUT2D eigenvalue weighted by atomic mass is 10.2. The molecule has 1 aromatic heterocycles. The first-order valence-corrected chi connectivity index (χ1v) is 12.4. The third-order valence-corrected chi connectivity index (χ3v) is 6.20. The molecule has 1 atom stereocenters. The summed E-state index contributed by atoms with van der Waals surface area (Å²) >= 11 is 0. The number of anilines is 1. The summed E-state index contributed by atoms with van der Waals surface area (Å²) in [4.78, 5) is 18.5. The highest BCUT2D eigenvalue weighted by Gasteiger charge is 2.22. The molecule has 0 radical (unpaired) electrons. The largest absolute Gasteiger partial charge is 0.494 e. The highest BCUT2D eigenvalue weighted by Crippen LogP contribution is 2.22. The number of sulfonamides is 1. The minimum Gasteiger partial charge on any atom is -0.494 e. The maximum absolute atomic E-state index is 12.7. The molecule has 0 unspecified atom stereocenters. The molecule has 10 nitrogen and oxygen atoms in total. The van der Waals surface area contributed by atoms with Crippen LogP contribution in [0.5, 0.6) is 11.5 Å². The molecule has 0 aliphatic carbocycles. The summed E-state index contributed by atoms with van der Waals surface area (Å²) in [5.41, 5.74) is 1.26. The van der Waals surface area contributed by atoms with Crippen molar-refractivity contribution in [2.45, 2.75) is 26.5 Å². The average molecular weight is 489 g/mol. The van der Waals surface area contributed by atoms with E-state index in [1.54, 1.807) is 38.2 Å². The Bertz CT molecular complexity index is 1210. The van der Waals surface area contributed by atoms with Gasteiger partial charge in [-0.15, -0.1) is 0 Å². The molecule has 34 heavy (non-hydrogen) atoms. The Kier molecular flexibility index (Phi) is 7.77. The monoisotopic (exact) mass is 488 g/mol. The molecular weight excluding hydrogens is 460 g/mol. The fraction of sp³-hybridized carbons (Fsp3) is 0.348. The third-order valence-electron chi connectivity index (χ3n) is 5.00. The second kappa shape index (κ2) is 10.6. The topological polar surface area (TPSA) is 115 Å². The van der Waals surface area contributed by atoms with Gasteiger partial charge < -0.3 is 18.9 Å². The summed E-state index contributed by atoms with van der Waals surface area (Å²) in [6.45, 7) is 4.25. The van der Waals surface area contributed by atoms with E-state index in [2.05, 4.69) is 10.1 Å². The van der Waals surface area contributed by atoms with Gasteiger partial charge in [-0.1, -0.05) is 5.16 Å². The van der Waals surface area contributed by atoms with E-state index in [0.717, 1.165) is 21.9 Å². The summed E-state index contributed by atoms with van der Waals surface area (Å²) in [6.07, 6.45) is 0.343. The van der Waals surface area contributed by atoms with E-state index in [1.807, 2.05) is 31.2 Å². The number of aromatic nitrogens is 2. The van der Waals surface area contributed by atoms with Gasteiger partial charge in [0.25, 0.3) is 5.91 Å². The van der Waals surface area contributed by atoms with Crippen LogP contribution in [0.3, 0.4) is 0 Å². The Morgan fingerprint density at radius 2 is 1.68 bits per heavy atom. The van der Waals surface area contributed by atoms with Crippen LogP contribution in [0, 0.1) is 0 Å². The Morgan fingerprint density at radius 1 is 1.06 bits per heavy atom. The van der Waals surface area contributed by atoms with Crippen LogP contribution in [0.1, 0.15) is 19.7 Å². The Balaban J connectivity index is 1.58. The lowest BCUT2D eigenvalue weighted by Crippen LogP contribution is -2.37. The molecule has 0 saturated carbocycles. The summed E-state index contributed by atoms with van der Waals surface area (Å²) in [5, 5.41) is 3.98. The van der Waals surface area contributed by atoms with Crippen LogP contribution in [0.15, 0.2) is 53.1 Å². The van der Waals surface area contributed by atoms with Crippen LogP contribution in [0.2, 0.25) is 0 Å². The van der Waals surface area contributed by atoms with E-state index >= 15 is 0 Å².